The van der Waals surface area contributed by atoms with Crippen LogP contribution in [0.2, 0.25) is 0 Å². The van der Waals surface area contributed by atoms with Crippen LogP contribution in [0.5, 0.6) is 5.75 Å². The molecule has 5 aromatic rings. The van der Waals surface area contributed by atoms with Gasteiger partial charge in [-0.05, 0) is 40.1 Å². The summed E-state index contributed by atoms with van der Waals surface area (Å²) in [4.78, 5) is 9.77. The van der Waals surface area contributed by atoms with E-state index in [1.165, 1.54) is 0 Å². The third-order valence-electron chi connectivity index (χ3n) is 7.88. The Kier molecular flexibility index (Phi) is 6.79. The Hall–Kier alpha value is -5.86. The summed E-state index contributed by atoms with van der Waals surface area (Å²) in [6.45, 7) is 0. The maximum absolute atomic E-state index is 9.79. The Balaban J connectivity index is 1.37. The molecule has 5 nitrogen and oxygen atoms in total. The maximum atomic E-state index is 9.79. The van der Waals surface area contributed by atoms with E-state index in [2.05, 4.69) is 18.2 Å². The molecule has 0 aromatic heterocycles. The van der Waals surface area contributed by atoms with Crippen LogP contribution in [-0.4, -0.2) is 24.0 Å². The van der Waals surface area contributed by atoms with Crippen LogP contribution in [0.15, 0.2) is 149 Å². The van der Waals surface area contributed by atoms with Crippen molar-refractivity contribution in [2.24, 2.45) is 9.98 Å². The molecule has 1 N–H and O–H groups in total. The Morgan fingerprint density at radius 1 is 0.791 bits per heavy atom. The van der Waals surface area contributed by atoms with Crippen molar-refractivity contribution in [2.45, 2.75) is 12.0 Å². The summed E-state index contributed by atoms with van der Waals surface area (Å²) in [6.07, 6.45) is 7.54. The standard InChI is InChI=1S/C38H26N4O/c39-23-26-13-4-5-14-27(26)28-16-8-18-30-29(28)17-9-19-31(30)38(41-24-25-11-2-1-3-12-25)42-37(40)33-20-10-22-35-36(33)32-15-6-7-21-34(32)43-35/h1-22,24,35-36,40H. The van der Waals surface area contributed by atoms with E-state index in [-0.39, 0.29) is 17.9 Å². The maximum Gasteiger partial charge on any atom is 0.162 e. The highest BCUT2D eigenvalue weighted by Crippen LogP contribution is 2.45. The van der Waals surface area contributed by atoms with Gasteiger partial charge in [-0.1, -0.05) is 115 Å². The number of nitrogens with zero attached hydrogens (tertiary/aromatic N) is 3. The van der Waals surface area contributed by atoms with Gasteiger partial charge in [0, 0.05) is 28.5 Å². The highest BCUT2D eigenvalue weighted by atomic mass is 16.5. The summed E-state index contributed by atoms with van der Waals surface area (Å²) in [5, 5.41) is 20.9. The van der Waals surface area contributed by atoms with Crippen LogP contribution >= 0.6 is 0 Å². The van der Waals surface area contributed by atoms with E-state index in [1.807, 2.05) is 121 Å². The second kappa shape index (κ2) is 11.2. The average molecular weight is 555 g/mol. The molecule has 7 rings (SSSR count). The molecule has 5 aromatic carbocycles. The predicted molar refractivity (Wildman–Crippen MR) is 173 cm³/mol. The predicted octanol–water partition coefficient (Wildman–Crippen LogP) is 8.26. The van der Waals surface area contributed by atoms with Gasteiger partial charge in [0.15, 0.2) is 11.7 Å². The first kappa shape index (κ1) is 26.1. The highest BCUT2D eigenvalue weighted by Gasteiger charge is 2.38. The molecule has 2 unspecified atom stereocenters. The van der Waals surface area contributed by atoms with E-state index in [9.17, 15) is 10.7 Å². The zero-order chi connectivity index (χ0) is 29.2. The molecule has 1 aliphatic heterocycles. The lowest BCUT2D eigenvalue weighted by atomic mass is 9.84. The van der Waals surface area contributed by atoms with E-state index >= 15 is 0 Å². The van der Waals surface area contributed by atoms with Crippen LogP contribution in [0.4, 0.5) is 0 Å². The van der Waals surface area contributed by atoms with Crippen molar-refractivity contribution in [2.75, 3.05) is 0 Å². The van der Waals surface area contributed by atoms with Crippen molar-refractivity contribution < 1.29 is 4.74 Å². The van der Waals surface area contributed by atoms with Crippen molar-refractivity contribution >= 4 is 28.7 Å². The lowest BCUT2D eigenvalue weighted by Gasteiger charge is -2.21. The third-order valence-corrected chi connectivity index (χ3v) is 7.88. The smallest absolute Gasteiger partial charge is 0.162 e. The van der Waals surface area contributed by atoms with Gasteiger partial charge in [0.05, 0.1) is 17.6 Å². The molecule has 204 valence electrons. The number of hydrogen-bond donors (Lipinski definition) is 1. The normalized spacial score (nSPS) is 17.2. The first-order chi connectivity index (χ1) is 21.2. The molecule has 0 radical (unpaired) electrons. The number of nitriles is 1. The number of fused-ring (bicyclic) bond motifs is 4. The molecule has 0 spiro atoms. The van der Waals surface area contributed by atoms with E-state index in [0.717, 1.165) is 49.9 Å². The van der Waals surface area contributed by atoms with Gasteiger partial charge in [-0.2, -0.15) is 5.26 Å². The fourth-order valence-corrected chi connectivity index (χ4v) is 5.89. The van der Waals surface area contributed by atoms with Crippen LogP contribution < -0.4 is 4.74 Å². The van der Waals surface area contributed by atoms with Gasteiger partial charge >= 0.3 is 0 Å². The van der Waals surface area contributed by atoms with Crippen molar-refractivity contribution in [3.8, 4) is 22.9 Å². The number of hydrogen-bond acceptors (Lipinski definition) is 3. The lowest BCUT2D eigenvalue weighted by Crippen LogP contribution is -2.23. The first-order valence-corrected chi connectivity index (χ1v) is 14.1. The second-order valence-corrected chi connectivity index (χ2v) is 10.4. The molecule has 0 saturated heterocycles. The van der Waals surface area contributed by atoms with Crippen LogP contribution in [0, 0.1) is 16.7 Å². The molecular formula is C38H26N4O. The number of benzene rings is 5. The second-order valence-electron chi connectivity index (χ2n) is 10.4. The number of amidine groups is 2. The van der Waals surface area contributed by atoms with Crippen LogP contribution in [-0.2, 0) is 0 Å². The van der Waals surface area contributed by atoms with Gasteiger partial charge in [-0.3, -0.25) is 5.41 Å². The van der Waals surface area contributed by atoms with Crippen LogP contribution in [0.3, 0.4) is 0 Å². The molecule has 0 fully saturated rings. The highest BCUT2D eigenvalue weighted by molar-refractivity contribution is 6.19. The Morgan fingerprint density at radius 3 is 2.42 bits per heavy atom. The summed E-state index contributed by atoms with van der Waals surface area (Å²) in [5.41, 5.74) is 6.03. The quantitative estimate of drug-likeness (QED) is 0.179. The van der Waals surface area contributed by atoms with E-state index in [4.69, 9.17) is 14.7 Å². The summed E-state index contributed by atoms with van der Waals surface area (Å²) in [6, 6.07) is 39.9. The topological polar surface area (TPSA) is 81.6 Å². The van der Waals surface area contributed by atoms with Gasteiger partial charge < -0.3 is 4.74 Å². The Bertz CT molecular complexity index is 2050. The summed E-state index contributed by atoms with van der Waals surface area (Å²) < 4.78 is 6.19. The number of para-hydroxylation sites is 1. The summed E-state index contributed by atoms with van der Waals surface area (Å²) >= 11 is 0. The monoisotopic (exact) mass is 554 g/mol. The zero-order valence-electron chi connectivity index (χ0n) is 23.2. The molecule has 1 heterocycles. The minimum atomic E-state index is -0.176. The average Bonchev–Trinajstić information content (AvgIpc) is 3.45. The minimum absolute atomic E-state index is 0.113. The number of rotatable bonds is 4. The molecule has 0 saturated carbocycles. The molecule has 1 aliphatic carbocycles. The van der Waals surface area contributed by atoms with E-state index < -0.39 is 0 Å². The first-order valence-electron chi connectivity index (χ1n) is 14.1. The molecule has 43 heavy (non-hydrogen) atoms. The molecular weight excluding hydrogens is 528 g/mol. The number of ether oxygens (including phenoxy) is 1. The molecule has 0 bridgehead atoms. The van der Waals surface area contributed by atoms with Gasteiger partial charge in [-0.15, -0.1) is 0 Å². The van der Waals surface area contributed by atoms with Crippen LogP contribution in [0.1, 0.15) is 28.2 Å². The Morgan fingerprint density at radius 2 is 1.53 bits per heavy atom. The van der Waals surface area contributed by atoms with Gasteiger partial charge in [-0.25, -0.2) is 9.98 Å². The number of nitrogens with one attached hydrogen (secondary N) is 1. The molecule has 0 amide bonds. The minimum Gasteiger partial charge on any atom is -0.485 e. The van der Waals surface area contributed by atoms with Crippen molar-refractivity contribution in [1.29, 1.82) is 10.7 Å². The largest absolute Gasteiger partial charge is 0.485 e. The molecule has 2 atom stereocenters. The number of aliphatic imine (C=N–C) groups is 2. The molecule has 5 heteroatoms. The van der Waals surface area contributed by atoms with Crippen molar-refractivity contribution in [3.63, 3.8) is 0 Å². The van der Waals surface area contributed by atoms with Gasteiger partial charge in [0.1, 0.15) is 11.9 Å². The van der Waals surface area contributed by atoms with Crippen molar-refractivity contribution in [1.82, 2.24) is 0 Å². The fourth-order valence-electron chi connectivity index (χ4n) is 5.89. The Labute approximate surface area is 250 Å². The fraction of sp³-hybridized carbons (Fsp3) is 0.0526. The molecule has 2 aliphatic rings. The van der Waals surface area contributed by atoms with Crippen molar-refractivity contribution in [3.05, 3.63) is 161 Å². The van der Waals surface area contributed by atoms with E-state index in [0.29, 0.717) is 11.4 Å². The SMILES string of the molecule is N#Cc1ccccc1-c1cccc2c(C(N=Cc3ccccc3)=NC(=N)C3=CC=CC4Oc5ccccc5C34)cccc12. The lowest BCUT2D eigenvalue weighted by molar-refractivity contribution is 0.267. The summed E-state index contributed by atoms with van der Waals surface area (Å²) in [5.74, 6) is 1.30. The number of allylic oxidation sites excluding steroid dienone is 2. The van der Waals surface area contributed by atoms with Crippen LogP contribution in [0.25, 0.3) is 21.9 Å². The van der Waals surface area contributed by atoms with Gasteiger partial charge in [0.25, 0.3) is 0 Å². The summed E-state index contributed by atoms with van der Waals surface area (Å²) in [7, 11) is 0. The van der Waals surface area contributed by atoms with E-state index in [1.54, 1.807) is 6.21 Å². The third kappa shape index (κ3) is 4.86. The zero-order valence-corrected chi connectivity index (χ0v) is 23.2. The van der Waals surface area contributed by atoms with Gasteiger partial charge in [0.2, 0.25) is 0 Å².